The summed E-state index contributed by atoms with van der Waals surface area (Å²) in [5.41, 5.74) is 2.07. The number of hydrogen-bond acceptors (Lipinski definition) is 5. The Balaban J connectivity index is 4.18. The van der Waals surface area contributed by atoms with Gasteiger partial charge in [-0.1, -0.05) is 13.8 Å². The normalized spacial score (nSPS) is 12.1. The molecule has 0 radical (unpaired) electrons. The molecule has 0 fully saturated rings. The van der Waals surface area contributed by atoms with Crippen LogP contribution in [0.4, 0.5) is 4.79 Å². The Morgan fingerprint density at radius 1 is 1.12 bits per heavy atom. The fraction of sp³-hybridized carbons (Fsp3) is 0.818. The molecule has 0 bridgehead atoms. The Kier molecular flexibility index (Phi) is 8.13. The van der Waals surface area contributed by atoms with Crippen molar-refractivity contribution < 1.29 is 23.9 Å². The highest BCUT2D eigenvalue weighted by atomic mass is 16.7. The van der Waals surface area contributed by atoms with E-state index in [0.29, 0.717) is 6.42 Å². The average Bonchev–Trinajstić information content (AvgIpc) is 2.24. The average molecular weight is 247 g/mol. The summed E-state index contributed by atoms with van der Waals surface area (Å²) in [6, 6.07) is 0. The Morgan fingerprint density at radius 3 is 2.18 bits per heavy atom. The van der Waals surface area contributed by atoms with Crippen LogP contribution >= 0.6 is 0 Å². The van der Waals surface area contributed by atoms with Crippen LogP contribution in [0.15, 0.2) is 0 Å². The SMILES string of the molecule is CCOC(=O)NO[C@@H](CC(C)C)C(=O)OCC. The molecule has 0 spiro atoms. The summed E-state index contributed by atoms with van der Waals surface area (Å²) in [4.78, 5) is 27.5. The van der Waals surface area contributed by atoms with Crippen molar-refractivity contribution in [1.29, 1.82) is 0 Å². The fourth-order valence-electron chi connectivity index (χ4n) is 1.14. The van der Waals surface area contributed by atoms with Gasteiger partial charge < -0.3 is 9.47 Å². The highest BCUT2D eigenvalue weighted by Crippen LogP contribution is 2.09. The lowest BCUT2D eigenvalue weighted by molar-refractivity contribution is -0.162. The van der Waals surface area contributed by atoms with Gasteiger partial charge in [0.05, 0.1) is 13.2 Å². The van der Waals surface area contributed by atoms with Crippen LogP contribution < -0.4 is 5.48 Å². The lowest BCUT2D eigenvalue weighted by atomic mass is 10.1. The van der Waals surface area contributed by atoms with Crippen molar-refractivity contribution in [3.63, 3.8) is 0 Å². The van der Waals surface area contributed by atoms with Gasteiger partial charge in [0.1, 0.15) is 0 Å². The Bertz CT molecular complexity index is 242. The third-order valence-electron chi connectivity index (χ3n) is 1.79. The molecule has 0 unspecified atom stereocenters. The Hall–Kier alpha value is -1.30. The van der Waals surface area contributed by atoms with Crippen molar-refractivity contribution in [3.8, 4) is 0 Å². The Morgan fingerprint density at radius 2 is 1.71 bits per heavy atom. The molecule has 0 aliphatic carbocycles. The molecule has 17 heavy (non-hydrogen) atoms. The maximum atomic E-state index is 11.5. The van der Waals surface area contributed by atoms with Gasteiger partial charge in [-0.25, -0.2) is 9.59 Å². The van der Waals surface area contributed by atoms with Crippen molar-refractivity contribution in [2.45, 2.75) is 40.2 Å². The van der Waals surface area contributed by atoms with Crippen molar-refractivity contribution in [3.05, 3.63) is 0 Å². The van der Waals surface area contributed by atoms with Crippen LogP contribution in [-0.4, -0.2) is 31.4 Å². The number of carbonyl (C=O) groups is 2. The molecule has 0 aromatic rings. The van der Waals surface area contributed by atoms with Gasteiger partial charge in [0, 0.05) is 0 Å². The summed E-state index contributed by atoms with van der Waals surface area (Å²) in [5.74, 6) is -0.244. The number of rotatable bonds is 7. The van der Waals surface area contributed by atoms with Crippen LogP contribution in [-0.2, 0) is 19.1 Å². The largest absolute Gasteiger partial charge is 0.464 e. The van der Waals surface area contributed by atoms with E-state index in [1.165, 1.54) is 0 Å². The molecule has 1 amide bonds. The quantitative estimate of drug-likeness (QED) is 0.547. The fourth-order valence-corrected chi connectivity index (χ4v) is 1.14. The summed E-state index contributed by atoms with van der Waals surface area (Å²) in [6.45, 7) is 7.79. The van der Waals surface area contributed by atoms with Gasteiger partial charge in [-0.2, -0.15) is 5.48 Å². The number of hydrogen-bond donors (Lipinski definition) is 1. The zero-order valence-corrected chi connectivity index (χ0v) is 10.8. The maximum absolute atomic E-state index is 11.5. The highest BCUT2D eigenvalue weighted by molar-refractivity contribution is 5.75. The summed E-state index contributed by atoms with van der Waals surface area (Å²) < 4.78 is 9.45. The molecule has 6 nitrogen and oxygen atoms in total. The van der Waals surface area contributed by atoms with Gasteiger partial charge in [-0.15, -0.1) is 0 Å². The summed E-state index contributed by atoms with van der Waals surface area (Å²) >= 11 is 0. The number of hydroxylamine groups is 1. The monoisotopic (exact) mass is 247 g/mol. The molecular weight excluding hydrogens is 226 g/mol. The lowest BCUT2D eigenvalue weighted by Crippen LogP contribution is -2.36. The van der Waals surface area contributed by atoms with Gasteiger partial charge in [0.15, 0.2) is 6.10 Å². The van der Waals surface area contributed by atoms with E-state index in [9.17, 15) is 9.59 Å². The second kappa shape index (κ2) is 8.81. The third kappa shape index (κ3) is 7.57. The molecule has 6 heteroatoms. The molecule has 0 aliphatic rings. The summed E-state index contributed by atoms with van der Waals surface area (Å²) in [6.07, 6.45) is -1.06. The number of esters is 1. The van der Waals surface area contributed by atoms with Crippen molar-refractivity contribution in [2.24, 2.45) is 5.92 Å². The van der Waals surface area contributed by atoms with Crippen LogP contribution in [0.5, 0.6) is 0 Å². The maximum Gasteiger partial charge on any atom is 0.431 e. The van der Waals surface area contributed by atoms with Crippen LogP contribution in [0.2, 0.25) is 0 Å². The minimum atomic E-state index is -0.806. The first kappa shape index (κ1) is 15.7. The number of ether oxygens (including phenoxy) is 2. The first-order valence-electron chi connectivity index (χ1n) is 5.76. The molecule has 0 rings (SSSR count). The van der Waals surface area contributed by atoms with Gasteiger partial charge in [0.2, 0.25) is 0 Å². The molecule has 0 aliphatic heterocycles. The molecule has 100 valence electrons. The van der Waals surface area contributed by atoms with Crippen molar-refractivity contribution in [1.82, 2.24) is 5.48 Å². The van der Waals surface area contributed by atoms with Gasteiger partial charge >= 0.3 is 12.1 Å². The minimum Gasteiger partial charge on any atom is -0.464 e. The lowest BCUT2D eigenvalue weighted by Gasteiger charge is -2.17. The standard InChI is InChI=1S/C11H21NO5/c1-5-15-10(13)9(7-8(3)4)17-12-11(14)16-6-2/h8-9H,5-7H2,1-4H3,(H,12,14)/t9-/m0/s1. The van der Waals surface area contributed by atoms with E-state index in [0.717, 1.165) is 0 Å². The zero-order chi connectivity index (χ0) is 13.3. The van der Waals surface area contributed by atoms with E-state index in [1.807, 2.05) is 13.8 Å². The molecule has 1 atom stereocenters. The number of amides is 1. The smallest absolute Gasteiger partial charge is 0.431 e. The first-order chi connectivity index (χ1) is 8.01. The molecule has 1 N–H and O–H groups in total. The van der Waals surface area contributed by atoms with Crippen LogP contribution in [0.1, 0.15) is 34.1 Å². The second-order valence-corrected chi connectivity index (χ2v) is 3.81. The summed E-state index contributed by atoms with van der Waals surface area (Å²) in [7, 11) is 0. The van der Waals surface area contributed by atoms with Gasteiger partial charge in [-0.3, -0.25) is 4.84 Å². The van der Waals surface area contributed by atoms with Gasteiger partial charge in [0.25, 0.3) is 0 Å². The second-order valence-electron chi connectivity index (χ2n) is 3.81. The van der Waals surface area contributed by atoms with E-state index < -0.39 is 18.2 Å². The Labute approximate surface area is 102 Å². The van der Waals surface area contributed by atoms with Crippen LogP contribution in [0.25, 0.3) is 0 Å². The predicted molar refractivity (Wildman–Crippen MR) is 61.1 cm³/mol. The van der Waals surface area contributed by atoms with Crippen LogP contribution in [0, 0.1) is 5.92 Å². The molecule has 0 aromatic heterocycles. The first-order valence-corrected chi connectivity index (χ1v) is 5.76. The van der Waals surface area contributed by atoms with E-state index >= 15 is 0 Å². The summed E-state index contributed by atoms with van der Waals surface area (Å²) in [5, 5.41) is 0. The van der Waals surface area contributed by atoms with E-state index in [-0.39, 0.29) is 19.1 Å². The molecule has 0 saturated heterocycles. The van der Waals surface area contributed by atoms with E-state index in [2.05, 4.69) is 10.2 Å². The van der Waals surface area contributed by atoms with E-state index in [1.54, 1.807) is 13.8 Å². The van der Waals surface area contributed by atoms with Crippen LogP contribution in [0.3, 0.4) is 0 Å². The van der Waals surface area contributed by atoms with E-state index in [4.69, 9.17) is 9.57 Å². The van der Waals surface area contributed by atoms with Crippen molar-refractivity contribution in [2.75, 3.05) is 13.2 Å². The van der Waals surface area contributed by atoms with Crippen molar-refractivity contribution >= 4 is 12.1 Å². The molecule has 0 saturated carbocycles. The van der Waals surface area contributed by atoms with Gasteiger partial charge in [-0.05, 0) is 26.2 Å². The minimum absolute atomic E-state index is 0.240. The zero-order valence-electron chi connectivity index (χ0n) is 10.8. The number of nitrogens with one attached hydrogen (secondary N) is 1. The highest BCUT2D eigenvalue weighted by Gasteiger charge is 2.23. The predicted octanol–water partition coefficient (Wildman–Crippen LogP) is 1.64. The molecule has 0 aromatic carbocycles. The molecule has 0 heterocycles. The third-order valence-corrected chi connectivity index (χ3v) is 1.79. The topological polar surface area (TPSA) is 73.9 Å². The molecular formula is C11H21NO5. The number of carbonyl (C=O) groups excluding carboxylic acids is 2.